The van der Waals surface area contributed by atoms with E-state index in [4.69, 9.17) is 0 Å². The minimum absolute atomic E-state index is 0.0901. The molecule has 1 aliphatic rings. The number of rotatable bonds is 3. The molecule has 0 aliphatic heterocycles. The van der Waals surface area contributed by atoms with E-state index in [1.807, 2.05) is 10.6 Å². The molecule has 1 fully saturated rings. The Balaban J connectivity index is 1.92. The SMILES string of the molecule is CCNc1ccnc2sc3c(=O)n(C4CCCCC4)cnc3c12. The maximum absolute atomic E-state index is 13.0. The summed E-state index contributed by atoms with van der Waals surface area (Å²) in [5.41, 5.74) is 1.88. The van der Waals surface area contributed by atoms with Crippen molar-refractivity contribution in [3.63, 3.8) is 0 Å². The van der Waals surface area contributed by atoms with Crippen molar-refractivity contribution in [3.05, 3.63) is 28.9 Å². The van der Waals surface area contributed by atoms with Gasteiger partial charge in [-0.05, 0) is 25.8 Å². The molecular formula is C17H20N4OS. The summed E-state index contributed by atoms with van der Waals surface area (Å²) in [6.07, 6.45) is 9.38. The highest BCUT2D eigenvalue weighted by atomic mass is 32.1. The maximum atomic E-state index is 13.0. The van der Waals surface area contributed by atoms with Crippen LogP contribution in [-0.4, -0.2) is 21.1 Å². The van der Waals surface area contributed by atoms with Crippen molar-refractivity contribution in [1.29, 1.82) is 0 Å². The Morgan fingerprint density at radius 1 is 1.30 bits per heavy atom. The van der Waals surface area contributed by atoms with Crippen molar-refractivity contribution in [2.24, 2.45) is 0 Å². The van der Waals surface area contributed by atoms with E-state index in [0.717, 1.165) is 45.5 Å². The molecule has 0 radical (unpaired) electrons. The third-order valence-corrected chi connectivity index (χ3v) is 5.72. The van der Waals surface area contributed by atoms with Gasteiger partial charge < -0.3 is 5.32 Å². The van der Waals surface area contributed by atoms with Gasteiger partial charge in [0.05, 0.1) is 17.2 Å². The third kappa shape index (κ3) is 2.41. The lowest BCUT2D eigenvalue weighted by molar-refractivity contribution is 0.345. The van der Waals surface area contributed by atoms with Gasteiger partial charge in [0, 0.05) is 24.5 Å². The Kier molecular flexibility index (Phi) is 3.77. The normalized spacial score (nSPS) is 16.2. The van der Waals surface area contributed by atoms with Crippen molar-refractivity contribution < 1.29 is 0 Å². The van der Waals surface area contributed by atoms with Crippen molar-refractivity contribution in [2.45, 2.75) is 45.1 Å². The van der Waals surface area contributed by atoms with E-state index in [0.29, 0.717) is 6.04 Å². The van der Waals surface area contributed by atoms with Crippen LogP contribution >= 0.6 is 11.3 Å². The third-order valence-electron chi connectivity index (χ3n) is 4.64. The molecule has 6 heteroatoms. The van der Waals surface area contributed by atoms with Crippen LogP contribution in [0.3, 0.4) is 0 Å². The molecule has 1 aliphatic carbocycles. The molecule has 120 valence electrons. The highest BCUT2D eigenvalue weighted by Gasteiger charge is 2.20. The number of nitrogens with one attached hydrogen (secondary N) is 1. The number of hydrogen-bond donors (Lipinski definition) is 1. The number of fused-ring (bicyclic) bond motifs is 3. The van der Waals surface area contributed by atoms with E-state index in [2.05, 4.69) is 22.2 Å². The molecule has 1 saturated carbocycles. The molecule has 3 aromatic rings. The van der Waals surface area contributed by atoms with E-state index in [9.17, 15) is 4.79 Å². The molecule has 0 atom stereocenters. The number of anilines is 1. The first kappa shape index (κ1) is 14.6. The number of pyridine rings is 1. The Morgan fingerprint density at radius 2 is 2.13 bits per heavy atom. The number of hydrogen-bond acceptors (Lipinski definition) is 5. The van der Waals surface area contributed by atoms with Crippen LogP contribution in [0, 0.1) is 0 Å². The number of nitrogens with zero attached hydrogens (tertiary/aromatic N) is 3. The highest BCUT2D eigenvalue weighted by molar-refractivity contribution is 7.25. The summed E-state index contributed by atoms with van der Waals surface area (Å²) >= 11 is 1.46. The second-order valence-corrected chi connectivity index (χ2v) is 7.10. The fourth-order valence-electron chi connectivity index (χ4n) is 3.52. The minimum atomic E-state index is 0.0901. The Hall–Kier alpha value is -1.95. The van der Waals surface area contributed by atoms with Crippen LogP contribution in [-0.2, 0) is 0 Å². The molecule has 5 nitrogen and oxygen atoms in total. The molecule has 1 N–H and O–H groups in total. The van der Waals surface area contributed by atoms with Crippen LogP contribution in [0.1, 0.15) is 45.1 Å². The summed E-state index contributed by atoms with van der Waals surface area (Å²) in [6.45, 7) is 2.89. The standard InChI is InChI=1S/C17H20N4OS/c1-2-18-12-8-9-19-16-13(12)14-15(23-16)17(22)21(10-20-14)11-6-4-3-5-7-11/h8-11H,2-7H2,1H3,(H,18,19). The Bertz CT molecular complexity index is 908. The molecule has 0 saturated heterocycles. The molecule has 0 spiro atoms. The van der Waals surface area contributed by atoms with Gasteiger partial charge in [-0.1, -0.05) is 19.3 Å². The zero-order chi connectivity index (χ0) is 15.8. The molecule has 0 aromatic carbocycles. The van der Waals surface area contributed by atoms with Gasteiger partial charge in [-0.3, -0.25) is 9.36 Å². The first-order chi connectivity index (χ1) is 11.3. The van der Waals surface area contributed by atoms with Crippen molar-refractivity contribution in [1.82, 2.24) is 14.5 Å². The fourth-order valence-corrected chi connectivity index (χ4v) is 4.58. The lowest BCUT2D eigenvalue weighted by Gasteiger charge is -2.23. The van der Waals surface area contributed by atoms with Gasteiger partial charge in [-0.2, -0.15) is 0 Å². The van der Waals surface area contributed by atoms with Crippen LogP contribution in [0.4, 0.5) is 5.69 Å². The van der Waals surface area contributed by atoms with E-state index in [-0.39, 0.29) is 5.56 Å². The predicted molar refractivity (Wildman–Crippen MR) is 95.5 cm³/mol. The van der Waals surface area contributed by atoms with Gasteiger partial charge in [-0.15, -0.1) is 11.3 Å². The molecule has 0 unspecified atom stereocenters. The summed E-state index contributed by atoms with van der Waals surface area (Å²) < 4.78 is 2.58. The van der Waals surface area contributed by atoms with E-state index in [1.54, 1.807) is 12.5 Å². The van der Waals surface area contributed by atoms with E-state index >= 15 is 0 Å². The smallest absolute Gasteiger partial charge is 0.271 e. The Labute approximate surface area is 138 Å². The zero-order valence-electron chi connectivity index (χ0n) is 13.2. The lowest BCUT2D eigenvalue weighted by atomic mass is 9.95. The highest BCUT2D eigenvalue weighted by Crippen LogP contribution is 2.35. The monoisotopic (exact) mass is 328 g/mol. The fraction of sp³-hybridized carbons (Fsp3) is 0.471. The van der Waals surface area contributed by atoms with E-state index in [1.165, 1.54) is 30.6 Å². The number of aromatic nitrogens is 3. The maximum Gasteiger partial charge on any atom is 0.271 e. The summed E-state index contributed by atoms with van der Waals surface area (Å²) in [4.78, 5) is 22.9. The molecular weight excluding hydrogens is 308 g/mol. The first-order valence-electron chi connectivity index (χ1n) is 8.32. The summed E-state index contributed by atoms with van der Waals surface area (Å²) in [5.74, 6) is 0. The average molecular weight is 328 g/mol. The minimum Gasteiger partial charge on any atom is -0.385 e. The van der Waals surface area contributed by atoms with Crippen LogP contribution in [0.15, 0.2) is 23.4 Å². The van der Waals surface area contributed by atoms with Crippen LogP contribution < -0.4 is 10.9 Å². The van der Waals surface area contributed by atoms with E-state index < -0.39 is 0 Å². The largest absolute Gasteiger partial charge is 0.385 e. The zero-order valence-corrected chi connectivity index (χ0v) is 14.0. The quantitative estimate of drug-likeness (QED) is 0.791. The second kappa shape index (κ2) is 5.92. The second-order valence-electron chi connectivity index (χ2n) is 6.10. The van der Waals surface area contributed by atoms with Gasteiger partial charge >= 0.3 is 0 Å². The topological polar surface area (TPSA) is 59.8 Å². The van der Waals surface area contributed by atoms with Crippen LogP contribution in [0.2, 0.25) is 0 Å². The van der Waals surface area contributed by atoms with Gasteiger partial charge in [0.2, 0.25) is 0 Å². The average Bonchev–Trinajstić information content (AvgIpc) is 2.97. The summed E-state index contributed by atoms with van der Waals surface area (Å²) in [5, 5.41) is 4.32. The van der Waals surface area contributed by atoms with Crippen LogP contribution in [0.25, 0.3) is 20.4 Å². The first-order valence-corrected chi connectivity index (χ1v) is 9.13. The van der Waals surface area contributed by atoms with Gasteiger partial charge in [-0.25, -0.2) is 9.97 Å². The predicted octanol–water partition coefficient (Wildman–Crippen LogP) is 3.94. The van der Waals surface area contributed by atoms with Crippen molar-refractivity contribution in [2.75, 3.05) is 11.9 Å². The summed E-state index contributed by atoms with van der Waals surface area (Å²) in [7, 11) is 0. The molecule has 3 heterocycles. The lowest BCUT2D eigenvalue weighted by Crippen LogP contribution is -2.26. The summed E-state index contributed by atoms with van der Waals surface area (Å²) in [6, 6.07) is 2.26. The number of thiophene rings is 1. The van der Waals surface area contributed by atoms with Gasteiger partial charge in [0.1, 0.15) is 9.53 Å². The molecule has 3 aromatic heterocycles. The molecule has 0 amide bonds. The van der Waals surface area contributed by atoms with Gasteiger partial charge in [0.25, 0.3) is 5.56 Å². The van der Waals surface area contributed by atoms with Crippen molar-refractivity contribution in [3.8, 4) is 0 Å². The van der Waals surface area contributed by atoms with Crippen LogP contribution in [0.5, 0.6) is 0 Å². The Morgan fingerprint density at radius 3 is 2.91 bits per heavy atom. The molecule has 23 heavy (non-hydrogen) atoms. The van der Waals surface area contributed by atoms with Gasteiger partial charge in [0.15, 0.2) is 0 Å². The molecule has 0 bridgehead atoms. The molecule has 4 rings (SSSR count). The van der Waals surface area contributed by atoms with Crippen molar-refractivity contribution >= 4 is 37.5 Å².